The monoisotopic (exact) mass is 530 g/mol. The van der Waals surface area contributed by atoms with Gasteiger partial charge in [0.15, 0.2) is 11.2 Å². The van der Waals surface area contributed by atoms with Crippen molar-refractivity contribution in [1.29, 1.82) is 0 Å². The van der Waals surface area contributed by atoms with Gasteiger partial charge in [0.2, 0.25) is 0 Å². The molecule has 0 radical (unpaired) electrons. The number of nitrogens with zero attached hydrogens (tertiary/aromatic N) is 1. The molecule has 182 valence electrons. The fourth-order valence-corrected chi connectivity index (χ4v) is 4.59. The lowest BCUT2D eigenvalue weighted by atomic mass is 9.89. The van der Waals surface area contributed by atoms with Gasteiger partial charge in [-0.15, -0.1) is 0 Å². The van der Waals surface area contributed by atoms with E-state index in [4.69, 9.17) is 44.1 Å². The van der Waals surface area contributed by atoms with Crippen LogP contribution in [0.25, 0.3) is 11.0 Å². The summed E-state index contributed by atoms with van der Waals surface area (Å²) in [5.41, 5.74) is 1.60. The van der Waals surface area contributed by atoms with E-state index < -0.39 is 5.60 Å². The molecule has 0 saturated heterocycles. The molecule has 5 nitrogen and oxygen atoms in total. The van der Waals surface area contributed by atoms with Gasteiger partial charge in [-0.2, -0.15) is 0 Å². The number of rotatable bonds is 9. The first-order valence-corrected chi connectivity index (χ1v) is 12.4. The molecule has 4 rings (SSSR count). The average molecular weight is 532 g/mol. The van der Waals surface area contributed by atoms with Gasteiger partial charge in [0.25, 0.3) is 5.91 Å². The third-order valence-corrected chi connectivity index (χ3v) is 6.41. The first kappa shape index (κ1) is 25.4. The van der Waals surface area contributed by atoms with Crippen LogP contribution in [-0.4, -0.2) is 23.2 Å². The normalized spacial score (nSPS) is 12.5. The summed E-state index contributed by atoms with van der Waals surface area (Å²) in [6.07, 6.45) is 1.48. The van der Waals surface area contributed by atoms with Gasteiger partial charge in [0.05, 0.1) is 5.69 Å². The van der Waals surface area contributed by atoms with Gasteiger partial charge in [0.1, 0.15) is 5.75 Å². The number of carbonyl (C=O) groups is 1. The van der Waals surface area contributed by atoms with Crippen molar-refractivity contribution in [2.24, 2.45) is 0 Å². The van der Waals surface area contributed by atoms with Gasteiger partial charge in [-0.1, -0.05) is 64.2 Å². The van der Waals surface area contributed by atoms with Crippen molar-refractivity contribution in [2.75, 3.05) is 6.54 Å². The summed E-state index contributed by atoms with van der Waals surface area (Å²) in [7, 11) is 0. The standard InChI is InChI=1S/C27H25Cl3N2O3/c1-27(2,34-21-15-19(29)14-20(30)16-21)26(33)31-13-5-7-22(17-9-11-18(28)12-10-17)25-23-6-3-4-8-24(23)35-32-25/h3-4,6,8-12,14-16,22H,5,7,13H2,1-2H3,(H,31,33). The molecule has 4 aromatic rings. The van der Waals surface area contributed by atoms with E-state index in [1.807, 2.05) is 48.5 Å². The Labute approximate surface area is 219 Å². The van der Waals surface area contributed by atoms with Crippen molar-refractivity contribution in [3.63, 3.8) is 0 Å². The predicted molar refractivity (Wildman–Crippen MR) is 141 cm³/mol. The second-order valence-electron chi connectivity index (χ2n) is 8.78. The minimum Gasteiger partial charge on any atom is -0.478 e. The zero-order valence-corrected chi connectivity index (χ0v) is 21.6. The molecule has 1 atom stereocenters. The van der Waals surface area contributed by atoms with E-state index >= 15 is 0 Å². The Hall–Kier alpha value is -2.73. The number of amides is 1. The number of fused-ring (bicyclic) bond motifs is 1. The molecule has 0 bridgehead atoms. The van der Waals surface area contributed by atoms with E-state index in [9.17, 15) is 4.79 Å². The molecule has 1 amide bonds. The Kier molecular flexibility index (Phi) is 7.90. The van der Waals surface area contributed by atoms with Crippen molar-refractivity contribution in [3.05, 3.63) is 93.1 Å². The molecule has 3 aromatic carbocycles. The van der Waals surface area contributed by atoms with Crippen LogP contribution >= 0.6 is 34.8 Å². The zero-order valence-electron chi connectivity index (χ0n) is 19.4. The number of para-hydroxylation sites is 1. The van der Waals surface area contributed by atoms with Gasteiger partial charge in [-0.25, -0.2) is 0 Å². The number of carbonyl (C=O) groups excluding carboxylic acids is 1. The van der Waals surface area contributed by atoms with Crippen LogP contribution < -0.4 is 10.1 Å². The third kappa shape index (κ3) is 6.29. The Bertz CT molecular complexity index is 1300. The Morgan fingerprint density at radius 1 is 1.00 bits per heavy atom. The maximum Gasteiger partial charge on any atom is 0.263 e. The molecule has 0 saturated carbocycles. The molecule has 1 heterocycles. The molecule has 1 N–H and O–H groups in total. The van der Waals surface area contributed by atoms with Crippen LogP contribution in [-0.2, 0) is 4.79 Å². The summed E-state index contributed by atoms with van der Waals surface area (Å²) >= 11 is 18.2. The van der Waals surface area contributed by atoms with Gasteiger partial charge in [0, 0.05) is 32.9 Å². The summed E-state index contributed by atoms with van der Waals surface area (Å²) in [6.45, 7) is 3.88. The van der Waals surface area contributed by atoms with Gasteiger partial charge in [-0.3, -0.25) is 4.79 Å². The van der Waals surface area contributed by atoms with E-state index in [-0.39, 0.29) is 11.8 Å². The van der Waals surface area contributed by atoms with E-state index in [1.165, 1.54) is 0 Å². The smallest absolute Gasteiger partial charge is 0.263 e. The first-order valence-electron chi connectivity index (χ1n) is 11.3. The molecule has 1 aromatic heterocycles. The summed E-state index contributed by atoms with van der Waals surface area (Å²) in [6, 6.07) is 20.4. The number of ether oxygens (including phenoxy) is 1. The highest BCUT2D eigenvalue weighted by Crippen LogP contribution is 2.34. The van der Waals surface area contributed by atoms with Gasteiger partial charge < -0.3 is 14.6 Å². The molecule has 0 aliphatic carbocycles. The fourth-order valence-electron chi connectivity index (χ4n) is 3.96. The third-order valence-electron chi connectivity index (χ3n) is 5.72. The highest BCUT2D eigenvalue weighted by Gasteiger charge is 2.30. The molecular formula is C27H25Cl3N2O3. The summed E-state index contributed by atoms with van der Waals surface area (Å²) in [4.78, 5) is 12.9. The van der Waals surface area contributed by atoms with Crippen LogP contribution in [0.15, 0.2) is 71.3 Å². The van der Waals surface area contributed by atoms with Crippen LogP contribution in [0.2, 0.25) is 15.1 Å². The average Bonchev–Trinajstić information content (AvgIpc) is 3.22. The Morgan fingerprint density at radius 3 is 2.40 bits per heavy atom. The van der Waals surface area contributed by atoms with Crippen LogP contribution in [0.4, 0.5) is 0 Å². The van der Waals surface area contributed by atoms with Crippen molar-refractivity contribution < 1.29 is 14.1 Å². The number of hydrogen-bond acceptors (Lipinski definition) is 4. The lowest BCUT2D eigenvalue weighted by Crippen LogP contribution is -2.46. The summed E-state index contributed by atoms with van der Waals surface area (Å²) in [5, 5.41) is 9.88. The zero-order chi connectivity index (χ0) is 25.0. The van der Waals surface area contributed by atoms with E-state index in [2.05, 4.69) is 10.5 Å². The van der Waals surface area contributed by atoms with Gasteiger partial charge >= 0.3 is 0 Å². The quantitative estimate of drug-likeness (QED) is 0.225. The van der Waals surface area contributed by atoms with Crippen molar-refractivity contribution in [2.45, 2.75) is 38.2 Å². The van der Waals surface area contributed by atoms with E-state index in [1.54, 1.807) is 32.0 Å². The van der Waals surface area contributed by atoms with E-state index in [0.717, 1.165) is 35.1 Å². The molecule has 1 unspecified atom stereocenters. The number of benzene rings is 3. The number of halogens is 3. The lowest BCUT2D eigenvalue weighted by Gasteiger charge is -2.25. The second-order valence-corrected chi connectivity index (χ2v) is 10.1. The van der Waals surface area contributed by atoms with E-state index in [0.29, 0.717) is 27.4 Å². The van der Waals surface area contributed by atoms with Crippen LogP contribution in [0, 0.1) is 0 Å². The van der Waals surface area contributed by atoms with Gasteiger partial charge in [-0.05, 0) is 74.7 Å². The number of aromatic nitrogens is 1. The highest BCUT2D eigenvalue weighted by atomic mass is 35.5. The molecule has 8 heteroatoms. The highest BCUT2D eigenvalue weighted by molar-refractivity contribution is 6.34. The fraction of sp³-hybridized carbons (Fsp3) is 0.259. The number of hydrogen-bond donors (Lipinski definition) is 1. The molecule has 35 heavy (non-hydrogen) atoms. The minimum absolute atomic E-state index is 0.00863. The second kappa shape index (κ2) is 10.9. The van der Waals surface area contributed by atoms with Crippen LogP contribution in [0.3, 0.4) is 0 Å². The topological polar surface area (TPSA) is 64.4 Å². The molecule has 0 spiro atoms. The Balaban J connectivity index is 1.42. The van der Waals surface area contributed by atoms with Crippen molar-refractivity contribution >= 4 is 51.7 Å². The largest absolute Gasteiger partial charge is 0.478 e. The first-order chi connectivity index (χ1) is 16.7. The summed E-state index contributed by atoms with van der Waals surface area (Å²) in [5.74, 6) is 0.192. The van der Waals surface area contributed by atoms with Crippen LogP contribution in [0.1, 0.15) is 43.9 Å². The molecular weight excluding hydrogens is 507 g/mol. The lowest BCUT2D eigenvalue weighted by molar-refractivity contribution is -0.134. The summed E-state index contributed by atoms with van der Waals surface area (Å²) < 4.78 is 11.4. The number of nitrogens with one attached hydrogen (secondary N) is 1. The maximum absolute atomic E-state index is 12.9. The predicted octanol–water partition coefficient (Wildman–Crippen LogP) is 7.67. The van der Waals surface area contributed by atoms with Crippen molar-refractivity contribution in [1.82, 2.24) is 10.5 Å². The molecule has 0 fully saturated rings. The van der Waals surface area contributed by atoms with Crippen molar-refractivity contribution in [3.8, 4) is 5.75 Å². The van der Waals surface area contributed by atoms with Crippen LogP contribution in [0.5, 0.6) is 5.75 Å². The molecule has 0 aliphatic heterocycles. The Morgan fingerprint density at radius 2 is 1.69 bits per heavy atom. The maximum atomic E-state index is 12.9. The SMILES string of the molecule is CC(C)(Oc1cc(Cl)cc(Cl)c1)C(=O)NCCCC(c1ccc(Cl)cc1)c1noc2ccccc12. The minimum atomic E-state index is -1.11. The molecule has 0 aliphatic rings.